The molecule has 0 aliphatic rings. The minimum Gasteiger partial charge on any atom is -0.258 e. The van der Waals surface area contributed by atoms with Crippen LogP contribution >= 0.6 is 24.9 Å². The summed E-state index contributed by atoms with van der Waals surface area (Å²) in [6.07, 6.45) is 0.539. The number of para-hydroxylation sites is 1. The normalized spacial score (nSPS) is 10.4. The summed E-state index contributed by atoms with van der Waals surface area (Å²) in [4.78, 5) is 11.1. The first-order valence-corrected chi connectivity index (χ1v) is 10.8. The number of hydrogen-bond acceptors (Lipinski definition) is 2. The van der Waals surface area contributed by atoms with E-state index in [-0.39, 0.29) is 27.6 Å². The average Bonchev–Trinajstić information content (AvgIpc) is 2.76. The Bertz CT molecular complexity index is 1080. The zero-order valence-electron chi connectivity index (χ0n) is 16.2. The van der Waals surface area contributed by atoms with Crippen molar-refractivity contribution < 1.29 is 4.92 Å². The smallest absolute Gasteiger partial charge is 0.258 e. The van der Waals surface area contributed by atoms with Crippen molar-refractivity contribution >= 4 is 46.5 Å². The third kappa shape index (κ3) is 5.02. The van der Waals surface area contributed by atoms with E-state index in [1.165, 1.54) is 15.9 Å². The monoisotopic (exact) mass is 477 g/mol. The lowest BCUT2D eigenvalue weighted by Gasteiger charge is -2.20. The predicted octanol–water partition coefficient (Wildman–Crippen LogP) is 5.52. The second-order valence-electron chi connectivity index (χ2n) is 6.74. The van der Waals surface area contributed by atoms with Gasteiger partial charge in [-0.25, -0.2) is 0 Å². The van der Waals surface area contributed by atoms with Crippen LogP contribution in [0.3, 0.4) is 0 Å². The predicted molar refractivity (Wildman–Crippen MR) is 131 cm³/mol. The SMILES string of the molecule is Br.O=[N+]([O-])c1ccccc1Cc1cccc(P(c2ccccc2)c2ccccc2)c1. The van der Waals surface area contributed by atoms with Crippen LogP contribution in [-0.4, -0.2) is 4.92 Å². The molecule has 4 rings (SSSR count). The van der Waals surface area contributed by atoms with Gasteiger partial charge in [0.05, 0.1) is 4.92 Å². The molecule has 4 aromatic carbocycles. The fraction of sp³-hybridized carbons (Fsp3) is 0.0400. The Kier molecular flexibility index (Phi) is 7.51. The largest absolute Gasteiger partial charge is 0.272 e. The van der Waals surface area contributed by atoms with Gasteiger partial charge in [0.1, 0.15) is 0 Å². The maximum atomic E-state index is 11.4. The molecule has 0 spiro atoms. The van der Waals surface area contributed by atoms with Crippen LogP contribution in [0.2, 0.25) is 0 Å². The molecular formula is C25H21BrNO2P. The summed E-state index contributed by atoms with van der Waals surface area (Å²) in [5, 5.41) is 15.2. The molecule has 0 N–H and O–H groups in total. The van der Waals surface area contributed by atoms with Gasteiger partial charge in [-0.15, -0.1) is 17.0 Å². The van der Waals surface area contributed by atoms with Gasteiger partial charge in [0.2, 0.25) is 0 Å². The second-order valence-corrected chi connectivity index (χ2v) is 8.96. The van der Waals surface area contributed by atoms with Crippen LogP contribution in [0, 0.1) is 10.1 Å². The van der Waals surface area contributed by atoms with Crippen molar-refractivity contribution in [3.63, 3.8) is 0 Å². The van der Waals surface area contributed by atoms with E-state index in [9.17, 15) is 10.1 Å². The standard InChI is InChI=1S/C25H20NO2P.BrH/c27-26(28)25-17-8-7-11-21(25)18-20-10-9-16-24(19-20)29(22-12-3-1-4-13-22)23-14-5-2-6-15-23;/h1-17,19H,18H2;1H. The molecule has 0 aliphatic heterocycles. The van der Waals surface area contributed by atoms with E-state index < -0.39 is 7.92 Å². The van der Waals surface area contributed by atoms with Crippen molar-refractivity contribution in [2.24, 2.45) is 0 Å². The molecular weight excluding hydrogens is 457 g/mol. The molecule has 0 amide bonds. The molecule has 5 heteroatoms. The van der Waals surface area contributed by atoms with E-state index in [0.717, 1.165) is 11.1 Å². The van der Waals surface area contributed by atoms with Crippen molar-refractivity contribution in [1.29, 1.82) is 0 Å². The van der Waals surface area contributed by atoms with Gasteiger partial charge in [-0.3, -0.25) is 10.1 Å². The molecule has 0 saturated heterocycles. The van der Waals surface area contributed by atoms with E-state index in [2.05, 4.69) is 66.7 Å². The number of halogens is 1. The number of nitro groups is 1. The van der Waals surface area contributed by atoms with E-state index >= 15 is 0 Å². The fourth-order valence-electron chi connectivity index (χ4n) is 3.47. The number of rotatable bonds is 6. The lowest BCUT2D eigenvalue weighted by Crippen LogP contribution is -2.20. The fourth-order valence-corrected chi connectivity index (χ4v) is 5.83. The minimum absolute atomic E-state index is 0. The highest BCUT2D eigenvalue weighted by atomic mass is 79.9. The first-order valence-electron chi connectivity index (χ1n) is 9.44. The van der Waals surface area contributed by atoms with Crippen LogP contribution in [0.25, 0.3) is 0 Å². The maximum absolute atomic E-state index is 11.4. The Hall–Kier alpha value is -2.81. The molecule has 0 heterocycles. The van der Waals surface area contributed by atoms with Crippen molar-refractivity contribution in [1.82, 2.24) is 0 Å². The van der Waals surface area contributed by atoms with Crippen LogP contribution in [0.1, 0.15) is 11.1 Å². The van der Waals surface area contributed by atoms with E-state index in [1.807, 2.05) is 30.3 Å². The average molecular weight is 478 g/mol. The van der Waals surface area contributed by atoms with Gasteiger partial charge in [-0.1, -0.05) is 103 Å². The summed E-state index contributed by atoms with van der Waals surface area (Å²) < 4.78 is 0. The summed E-state index contributed by atoms with van der Waals surface area (Å²) >= 11 is 0. The molecule has 3 nitrogen and oxygen atoms in total. The van der Waals surface area contributed by atoms with Gasteiger partial charge in [0.25, 0.3) is 5.69 Å². The highest BCUT2D eigenvalue weighted by Gasteiger charge is 2.17. The van der Waals surface area contributed by atoms with Crippen LogP contribution in [0.15, 0.2) is 109 Å². The van der Waals surface area contributed by atoms with Gasteiger partial charge < -0.3 is 0 Å². The first-order chi connectivity index (χ1) is 14.2. The first kappa shape index (κ1) is 21.9. The minimum atomic E-state index is -0.691. The lowest BCUT2D eigenvalue weighted by atomic mass is 10.0. The number of nitrogens with zero attached hydrogens (tertiary/aromatic N) is 1. The van der Waals surface area contributed by atoms with E-state index in [1.54, 1.807) is 12.1 Å². The summed E-state index contributed by atoms with van der Waals surface area (Å²) in [6, 6.07) is 36.5. The molecule has 30 heavy (non-hydrogen) atoms. The molecule has 0 atom stereocenters. The molecule has 0 fully saturated rings. The maximum Gasteiger partial charge on any atom is 0.272 e. The molecule has 4 aromatic rings. The summed E-state index contributed by atoms with van der Waals surface area (Å²) in [5.74, 6) is 0. The Morgan fingerprint density at radius 1 is 0.667 bits per heavy atom. The molecule has 0 aromatic heterocycles. The number of nitro benzene ring substituents is 1. The summed E-state index contributed by atoms with van der Waals surface area (Å²) in [5.41, 5.74) is 1.99. The van der Waals surface area contributed by atoms with E-state index in [4.69, 9.17) is 0 Å². The Morgan fingerprint density at radius 3 is 1.80 bits per heavy atom. The van der Waals surface area contributed by atoms with Crippen molar-refractivity contribution in [2.45, 2.75) is 6.42 Å². The van der Waals surface area contributed by atoms with Crippen molar-refractivity contribution in [3.05, 3.63) is 130 Å². The van der Waals surface area contributed by atoms with Gasteiger partial charge in [-0.2, -0.15) is 0 Å². The third-order valence-electron chi connectivity index (χ3n) is 4.78. The molecule has 0 saturated carbocycles. The zero-order chi connectivity index (χ0) is 20.1. The van der Waals surface area contributed by atoms with Crippen LogP contribution in [0.4, 0.5) is 5.69 Å². The summed E-state index contributed by atoms with van der Waals surface area (Å²) in [7, 11) is -0.691. The van der Waals surface area contributed by atoms with Crippen LogP contribution in [0.5, 0.6) is 0 Å². The van der Waals surface area contributed by atoms with Gasteiger partial charge >= 0.3 is 0 Å². The van der Waals surface area contributed by atoms with Gasteiger partial charge in [-0.05, 0) is 29.4 Å². The van der Waals surface area contributed by atoms with E-state index in [0.29, 0.717) is 6.42 Å². The quantitative estimate of drug-likeness (QED) is 0.208. The molecule has 0 radical (unpaired) electrons. The molecule has 150 valence electrons. The van der Waals surface area contributed by atoms with Gasteiger partial charge in [0.15, 0.2) is 0 Å². The Balaban J connectivity index is 0.00000256. The number of benzene rings is 4. The highest BCUT2D eigenvalue weighted by Crippen LogP contribution is 2.33. The van der Waals surface area contributed by atoms with Crippen LogP contribution < -0.4 is 15.9 Å². The topological polar surface area (TPSA) is 43.1 Å². The van der Waals surface area contributed by atoms with Crippen molar-refractivity contribution in [2.75, 3.05) is 0 Å². The molecule has 0 aliphatic carbocycles. The second kappa shape index (κ2) is 10.3. The third-order valence-corrected chi connectivity index (χ3v) is 7.20. The van der Waals surface area contributed by atoms with Crippen molar-refractivity contribution in [3.8, 4) is 0 Å². The molecule has 0 unspecified atom stereocenters. The summed E-state index contributed by atoms with van der Waals surface area (Å²) in [6.45, 7) is 0. The molecule has 0 bridgehead atoms. The Labute approximate surface area is 188 Å². The van der Waals surface area contributed by atoms with Gasteiger partial charge in [0, 0.05) is 18.1 Å². The van der Waals surface area contributed by atoms with Crippen LogP contribution in [-0.2, 0) is 6.42 Å². The lowest BCUT2D eigenvalue weighted by molar-refractivity contribution is -0.385. The number of hydrogen-bond donors (Lipinski definition) is 0. The Morgan fingerprint density at radius 2 is 1.20 bits per heavy atom. The highest BCUT2D eigenvalue weighted by molar-refractivity contribution is 8.93. The zero-order valence-corrected chi connectivity index (χ0v) is 18.8.